The summed E-state index contributed by atoms with van der Waals surface area (Å²) in [6, 6.07) is 17.4. The van der Waals surface area contributed by atoms with Gasteiger partial charge in [0.15, 0.2) is 0 Å². The van der Waals surface area contributed by atoms with Gasteiger partial charge < -0.3 is 9.30 Å². The fourth-order valence-electron chi connectivity index (χ4n) is 3.58. The van der Waals surface area contributed by atoms with Crippen molar-refractivity contribution >= 4 is 33.2 Å². The number of carbonyl (C=O) groups is 2. The van der Waals surface area contributed by atoms with E-state index in [4.69, 9.17) is 4.74 Å². The van der Waals surface area contributed by atoms with Crippen LogP contribution in [0.25, 0.3) is 5.82 Å². The van der Waals surface area contributed by atoms with Crippen LogP contribution in [0.1, 0.15) is 12.8 Å². The van der Waals surface area contributed by atoms with Gasteiger partial charge in [0.2, 0.25) is 17.7 Å². The molecule has 1 fully saturated rings. The SMILES string of the molecule is O=C1CCC(=O)N1c1ccc(S(=O)(=O)Nc2ccc(Oc3cc(-n4cccc4)ncn3)cc2)cc1. The smallest absolute Gasteiger partial charge is 0.261 e. The quantitative estimate of drug-likeness (QED) is 0.394. The minimum absolute atomic E-state index is 0.000742. The molecule has 2 aromatic carbocycles. The van der Waals surface area contributed by atoms with Crippen LogP contribution in [0.3, 0.4) is 0 Å². The molecule has 0 aliphatic carbocycles. The zero-order chi connectivity index (χ0) is 24.4. The van der Waals surface area contributed by atoms with Gasteiger partial charge in [0, 0.05) is 37.0 Å². The molecule has 5 rings (SSSR count). The number of aromatic nitrogens is 3. The van der Waals surface area contributed by atoms with Crippen molar-refractivity contribution in [2.45, 2.75) is 17.7 Å². The predicted molar refractivity (Wildman–Crippen MR) is 127 cm³/mol. The molecule has 0 bridgehead atoms. The van der Waals surface area contributed by atoms with Crippen molar-refractivity contribution in [1.82, 2.24) is 14.5 Å². The number of imide groups is 1. The Morgan fingerprint density at radius 3 is 2.17 bits per heavy atom. The number of nitrogens with one attached hydrogen (secondary N) is 1. The maximum atomic E-state index is 12.8. The van der Waals surface area contributed by atoms with Gasteiger partial charge in [0.1, 0.15) is 17.9 Å². The number of ether oxygens (including phenoxy) is 1. The number of rotatable bonds is 7. The lowest BCUT2D eigenvalue weighted by Gasteiger charge is -2.14. The van der Waals surface area contributed by atoms with E-state index < -0.39 is 10.0 Å². The van der Waals surface area contributed by atoms with E-state index in [-0.39, 0.29) is 29.6 Å². The molecular weight excluding hydrogens is 470 g/mol. The molecule has 11 heteroatoms. The third kappa shape index (κ3) is 4.75. The van der Waals surface area contributed by atoms with Gasteiger partial charge in [-0.25, -0.2) is 18.4 Å². The van der Waals surface area contributed by atoms with Crippen LogP contribution in [0.4, 0.5) is 11.4 Å². The van der Waals surface area contributed by atoms with Gasteiger partial charge in [-0.15, -0.1) is 0 Å². The van der Waals surface area contributed by atoms with Crippen molar-refractivity contribution < 1.29 is 22.7 Å². The highest BCUT2D eigenvalue weighted by atomic mass is 32.2. The van der Waals surface area contributed by atoms with E-state index in [0.29, 0.717) is 28.8 Å². The molecule has 0 unspecified atom stereocenters. The average molecular weight is 490 g/mol. The Kier molecular flexibility index (Phi) is 5.75. The Morgan fingerprint density at radius 2 is 1.51 bits per heavy atom. The van der Waals surface area contributed by atoms with Crippen LogP contribution < -0.4 is 14.4 Å². The monoisotopic (exact) mass is 489 g/mol. The lowest BCUT2D eigenvalue weighted by atomic mass is 10.3. The van der Waals surface area contributed by atoms with Crippen LogP contribution >= 0.6 is 0 Å². The Balaban J connectivity index is 1.26. The second-order valence-corrected chi connectivity index (χ2v) is 9.34. The molecule has 4 aromatic rings. The molecule has 0 radical (unpaired) electrons. The third-order valence-corrected chi connectivity index (χ3v) is 6.68. The Bertz CT molecular complexity index is 1470. The van der Waals surface area contributed by atoms with Gasteiger partial charge in [-0.2, -0.15) is 0 Å². The van der Waals surface area contributed by atoms with E-state index in [1.54, 1.807) is 30.3 Å². The summed E-state index contributed by atoms with van der Waals surface area (Å²) in [6.07, 6.45) is 5.42. The van der Waals surface area contributed by atoms with Crippen molar-refractivity contribution in [2.75, 3.05) is 9.62 Å². The summed E-state index contributed by atoms with van der Waals surface area (Å²) >= 11 is 0. The van der Waals surface area contributed by atoms with E-state index in [1.807, 2.05) is 29.1 Å². The zero-order valence-corrected chi connectivity index (χ0v) is 19.1. The van der Waals surface area contributed by atoms with E-state index in [2.05, 4.69) is 14.7 Å². The van der Waals surface area contributed by atoms with Gasteiger partial charge in [-0.3, -0.25) is 19.2 Å². The van der Waals surface area contributed by atoms with Crippen molar-refractivity contribution in [1.29, 1.82) is 0 Å². The van der Waals surface area contributed by atoms with Crippen molar-refractivity contribution in [3.63, 3.8) is 0 Å². The van der Waals surface area contributed by atoms with Gasteiger partial charge in [0.25, 0.3) is 10.0 Å². The first-order valence-corrected chi connectivity index (χ1v) is 12.1. The number of carbonyl (C=O) groups excluding carboxylic acids is 2. The second kappa shape index (κ2) is 9.03. The Hall–Kier alpha value is -4.51. The van der Waals surface area contributed by atoms with E-state index in [9.17, 15) is 18.0 Å². The lowest BCUT2D eigenvalue weighted by molar-refractivity contribution is -0.121. The molecule has 1 aliphatic heterocycles. The number of anilines is 2. The number of nitrogens with zero attached hydrogens (tertiary/aromatic N) is 4. The topological polar surface area (TPSA) is 123 Å². The molecule has 1 N–H and O–H groups in total. The molecule has 0 atom stereocenters. The first-order chi connectivity index (χ1) is 16.9. The molecule has 1 aliphatic rings. The van der Waals surface area contributed by atoms with Crippen molar-refractivity contribution in [3.8, 4) is 17.4 Å². The summed E-state index contributed by atoms with van der Waals surface area (Å²) in [4.78, 5) is 33.1. The van der Waals surface area contributed by atoms with E-state index in [0.717, 1.165) is 4.90 Å². The first-order valence-electron chi connectivity index (χ1n) is 10.6. The average Bonchev–Trinajstić information content (AvgIpc) is 3.51. The fourth-order valence-corrected chi connectivity index (χ4v) is 4.64. The van der Waals surface area contributed by atoms with Crippen LogP contribution in [0, 0.1) is 0 Å². The molecule has 0 saturated carbocycles. The lowest BCUT2D eigenvalue weighted by Crippen LogP contribution is -2.28. The molecule has 2 amide bonds. The molecule has 35 heavy (non-hydrogen) atoms. The molecule has 3 heterocycles. The normalized spacial score (nSPS) is 13.8. The van der Waals surface area contributed by atoms with Crippen LogP contribution in [0.15, 0.2) is 90.3 Å². The molecule has 1 saturated heterocycles. The van der Waals surface area contributed by atoms with Gasteiger partial charge in [0.05, 0.1) is 10.6 Å². The Labute approximate surface area is 200 Å². The molecule has 10 nitrogen and oxygen atoms in total. The number of hydrogen-bond donors (Lipinski definition) is 1. The maximum Gasteiger partial charge on any atom is 0.261 e. The zero-order valence-electron chi connectivity index (χ0n) is 18.2. The molecule has 176 valence electrons. The van der Waals surface area contributed by atoms with Crippen molar-refractivity contribution in [2.24, 2.45) is 0 Å². The molecule has 2 aromatic heterocycles. The minimum atomic E-state index is -3.89. The highest BCUT2D eigenvalue weighted by molar-refractivity contribution is 7.92. The largest absolute Gasteiger partial charge is 0.439 e. The summed E-state index contributed by atoms with van der Waals surface area (Å²) in [5.74, 6) is 0.859. The first kappa shape index (κ1) is 22.3. The van der Waals surface area contributed by atoms with Gasteiger partial charge >= 0.3 is 0 Å². The summed E-state index contributed by atoms with van der Waals surface area (Å²) in [7, 11) is -3.89. The summed E-state index contributed by atoms with van der Waals surface area (Å²) in [5.41, 5.74) is 0.685. The van der Waals surface area contributed by atoms with Crippen LogP contribution in [0.2, 0.25) is 0 Å². The van der Waals surface area contributed by atoms with Gasteiger partial charge in [-0.05, 0) is 60.7 Å². The second-order valence-electron chi connectivity index (χ2n) is 7.65. The fraction of sp³-hybridized carbons (Fsp3) is 0.0833. The number of sulfonamides is 1. The van der Waals surface area contributed by atoms with Crippen molar-refractivity contribution in [3.05, 3.63) is 85.5 Å². The maximum absolute atomic E-state index is 12.8. The number of hydrogen-bond acceptors (Lipinski definition) is 7. The number of benzene rings is 2. The predicted octanol–water partition coefficient (Wildman–Crippen LogP) is 3.51. The highest BCUT2D eigenvalue weighted by Crippen LogP contribution is 2.26. The minimum Gasteiger partial charge on any atom is -0.439 e. The van der Waals surface area contributed by atoms with Gasteiger partial charge in [-0.1, -0.05) is 0 Å². The standard InChI is InChI=1S/C24H19N5O5S/c30-23-11-12-24(31)29(23)18-5-9-20(10-6-18)35(32,33)27-17-3-7-19(8-4-17)34-22-15-21(25-16-26-22)28-13-1-2-14-28/h1-10,13-16,27H,11-12H2. The molecular formula is C24H19N5O5S. The van der Waals surface area contributed by atoms with E-state index in [1.165, 1.54) is 30.6 Å². The van der Waals surface area contributed by atoms with E-state index >= 15 is 0 Å². The molecule has 0 spiro atoms. The summed E-state index contributed by atoms with van der Waals surface area (Å²) < 4.78 is 35.6. The summed E-state index contributed by atoms with van der Waals surface area (Å²) in [5, 5.41) is 0. The summed E-state index contributed by atoms with van der Waals surface area (Å²) in [6.45, 7) is 0. The van der Waals surface area contributed by atoms with Crippen LogP contribution in [0.5, 0.6) is 11.6 Å². The Morgan fingerprint density at radius 1 is 0.857 bits per heavy atom. The third-order valence-electron chi connectivity index (χ3n) is 5.28. The number of amides is 2. The van der Waals surface area contributed by atoms with Crippen LogP contribution in [-0.2, 0) is 19.6 Å². The highest BCUT2D eigenvalue weighted by Gasteiger charge is 2.30. The van der Waals surface area contributed by atoms with Crippen LogP contribution in [-0.4, -0.2) is 34.8 Å².